The molecule has 1 N–H and O–H groups in total. The molecule has 0 bridgehead atoms. The van der Waals surface area contributed by atoms with Crippen molar-refractivity contribution in [2.75, 3.05) is 54.2 Å². The van der Waals surface area contributed by atoms with E-state index in [2.05, 4.69) is 10.2 Å². The van der Waals surface area contributed by atoms with Gasteiger partial charge >= 0.3 is 0 Å². The van der Waals surface area contributed by atoms with Crippen LogP contribution in [0.4, 0.5) is 4.39 Å². The van der Waals surface area contributed by atoms with Gasteiger partial charge in [0.15, 0.2) is 11.5 Å². The van der Waals surface area contributed by atoms with E-state index in [4.69, 9.17) is 14.2 Å². The molecular weight excluding hydrogens is 275 g/mol. The topological polar surface area (TPSA) is 43.0 Å². The third kappa shape index (κ3) is 3.39. The van der Waals surface area contributed by atoms with E-state index >= 15 is 0 Å². The lowest BCUT2D eigenvalue weighted by Gasteiger charge is -2.34. The molecule has 1 aliphatic heterocycles. The van der Waals surface area contributed by atoms with E-state index in [0.29, 0.717) is 17.2 Å². The smallest absolute Gasteiger partial charge is 0.203 e. The van der Waals surface area contributed by atoms with E-state index in [1.54, 1.807) is 21.3 Å². The molecule has 0 spiro atoms. The number of nitrogens with zero attached hydrogens (tertiary/aromatic N) is 1. The van der Waals surface area contributed by atoms with E-state index in [1.165, 1.54) is 0 Å². The van der Waals surface area contributed by atoms with Crippen molar-refractivity contribution in [3.63, 3.8) is 0 Å². The van der Waals surface area contributed by atoms with Crippen molar-refractivity contribution in [2.45, 2.75) is 6.04 Å². The molecule has 118 valence electrons. The Kier molecular flexibility index (Phi) is 5.64. The van der Waals surface area contributed by atoms with Crippen LogP contribution in [0.3, 0.4) is 0 Å². The van der Waals surface area contributed by atoms with Crippen LogP contribution in [0.25, 0.3) is 0 Å². The van der Waals surface area contributed by atoms with Gasteiger partial charge in [0.25, 0.3) is 0 Å². The Morgan fingerprint density at radius 2 is 1.67 bits per heavy atom. The fourth-order valence-electron chi connectivity index (χ4n) is 2.69. The minimum atomic E-state index is -0.446. The molecule has 0 unspecified atom stereocenters. The van der Waals surface area contributed by atoms with E-state index in [0.717, 1.165) is 31.7 Å². The fourth-order valence-corrected chi connectivity index (χ4v) is 2.69. The zero-order valence-corrected chi connectivity index (χ0v) is 12.8. The average Bonchev–Trinajstić information content (AvgIpc) is 2.55. The van der Waals surface area contributed by atoms with Crippen LogP contribution in [0.1, 0.15) is 11.6 Å². The summed E-state index contributed by atoms with van der Waals surface area (Å²) in [7, 11) is 4.69. The number of halogens is 1. The van der Waals surface area contributed by atoms with E-state index < -0.39 is 6.67 Å². The summed E-state index contributed by atoms with van der Waals surface area (Å²) in [5, 5.41) is 3.27. The minimum Gasteiger partial charge on any atom is -0.493 e. The van der Waals surface area contributed by atoms with Gasteiger partial charge in [-0.3, -0.25) is 4.90 Å². The lowest BCUT2D eigenvalue weighted by atomic mass is 10.0. The summed E-state index contributed by atoms with van der Waals surface area (Å²) in [4.78, 5) is 2.14. The van der Waals surface area contributed by atoms with Gasteiger partial charge in [0.1, 0.15) is 6.67 Å². The van der Waals surface area contributed by atoms with Crippen molar-refractivity contribution < 1.29 is 18.6 Å². The highest BCUT2D eigenvalue weighted by Crippen LogP contribution is 2.40. The quantitative estimate of drug-likeness (QED) is 0.864. The lowest BCUT2D eigenvalue weighted by Crippen LogP contribution is -2.45. The number of hydrogen-bond acceptors (Lipinski definition) is 5. The Morgan fingerprint density at radius 1 is 1.10 bits per heavy atom. The van der Waals surface area contributed by atoms with Gasteiger partial charge in [0.05, 0.1) is 27.4 Å². The first kappa shape index (κ1) is 15.9. The summed E-state index contributed by atoms with van der Waals surface area (Å²) in [6, 6.07) is 3.36. The Morgan fingerprint density at radius 3 is 2.10 bits per heavy atom. The molecule has 0 saturated carbocycles. The third-order valence-corrected chi connectivity index (χ3v) is 3.81. The number of nitrogens with one attached hydrogen (secondary N) is 1. The van der Waals surface area contributed by atoms with Crippen LogP contribution in [0.5, 0.6) is 17.2 Å². The van der Waals surface area contributed by atoms with Gasteiger partial charge in [-0.15, -0.1) is 0 Å². The van der Waals surface area contributed by atoms with Gasteiger partial charge in [0, 0.05) is 26.2 Å². The lowest BCUT2D eigenvalue weighted by molar-refractivity contribution is 0.147. The SMILES string of the molecule is COc1cc([C@H](CF)N2CCNCC2)cc(OC)c1OC. The van der Waals surface area contributed by atoms with Crippen LogP contribution in [0.15, 0.2) is 12.1 Å². The first-order valence-electron chi connectivity index (χ1n) is 7.05. The van der Waals surface area contributed by atoms with Crippen LogP contribution in [0.2, 0.25) is 0 Å². The van der Waals surface area contributed by atoms with Crippen molar-refractivity contribution in [1.82, 2.24) is 10.2 Å². The molecule has 1 saturated heterocycles. The molecule has 1 atom stereocenters. The third-order valence-electron chi connectivity index (χ3n) is 3.81. The van der Waals surface area contributed by atoms with Gasteiger partial charge in [0.2, 0.25) is 5.75 Å². The zero-order chi connectivity index (χ0) is 15.2. The summed E-state index contributed by atoms with van der Waals surface area (Å²) < 4.78 is 29.6. The van der Waals surface area contributed by atoms with Crippen LogP contribution in [-0.4, -0.2) is 59.1 Å². The first-order chi connectivity index (χ1) is 10.2. The van der Waals surface area contributed by atoms with E-state index in [9.17, 15) is 4.39 Å². The van der Waals surface area contributed by atoms with E-state index in [-0.39, 0.29) is 6.04 Å². The van der Waals surface area contributed by atoms with Gasteiger partial charge < -0.3 is 19.5 Å². The van der Waals surface area contributed by atoms with Crippen molar-refractivity contribution in [3.05, 3.63) is 17.7 Å². The predicted molar refractivity (Wildman–Crippen MR) is 79.3 cm³/mol. The molecule has 21 heavy (non-hydrogen) atoms. The summed E-state index contributed by atoms with van der Waals surface area (Å²) >= 11 is 0. The first-order valence-corrected chi connectivity index (χ1v) is 7.05. The minimum absolute atomic E-state index is 0.291. The Balaban J connectivity index is 2.36. The number of hydrogen-bond donors (Lipinski definition) is 1. The summed E-state index contributed by atoms with van der Waals surface area (Å²) in [6.07, 6.45) is 0. The molecule has 1 aliphatic rings. The van der Waals surface area contributed by atoms with Gasteiger partial charge in [-0.2, -0.15) is 0 Å². The van der Waals surface area contributed by atoms with E-state index in [1.807, 2.05) is 12.1 Å². The van der Waals surface area contributed by atoms with Crippen molar-refractivity contribution in [3.8, 4) is 17.2 Å². The molecule has 0 amide bonds. The molecule has 1 fully saturated rings. The van der Waals surface area contributed by atoms with Crippen molar-refractivity contribution in [2.24, 2.45) is 0 Å². The maximum atomic E-state index is 13.6. The molecule has 2 rings (SSSR count). The van der Waals surface area contributed by atoms with Crippen LogP contribution < -0.4 is 19.5 Å². The summed E-state index contributed by atoms with van der Waals surface area (Å²) in [6.45, 7) is 2.96. The molecular formula is C15H23FN2O3. The second-order valence-corrected chi connectivity index (χ2v) is 4.91. The maximum absolute atomic E-state index is 13.6. The molecule has 5 nitrogen and oxygen atoms in total. The number of ether oxygens (including phenoxy) is 3. The van der Waals surface area contributed by atoms with Crippen molar-refractivity contribution in [1.29, 1.82) is 0 Å². The van der Waals surface area contributed by atoms with Gasteiger partial charge in [-0.1, -0.05) is 0 Å². The summed E-state index contributed by atoms with van der Waals surface area (Å²) in [5.74, 6) is 1.64. The highest BCUT2D eigenvalue weighted by Gasteiger charge is 2.25. The number of alkyl halides is 1. The van der Waals surface area contributed by atoms with Crippen LogP contribution in [-0.2, 0) is 0 Å². The number of rotatable bonds is 6. The van der Waals surface area contributed by atoms with Crippen LogP contribution >= 0.6 is 0 Å². The molecule has 1 aromatic rings. The number of piperazine rings is 1. The highest BCUT2D eigenvalue weighted by atomic mass is 19.1. The van der Waals surface area contributed by atoms with Crippen molar-refractivity contribution >= 4 is 0 Å². The Labute approximate surface area is 125 Å². The molecule has 1 heterocycles. The molecule has 1 aromatic carbocycles. The molecule has 6 heteroatoms. The van der Waals surface area contributed by atoms with Crippen LogP contribution in [0, 0.1) is 0 Å². The van der Waals surface area contributed by atoms with Gasteiger partial charge in [-0.25, -0.2) is 4.39 Å². The Hall–Kier alpha value is -1.53. The average molecular weight is 298 g/mol. The molecule has 0 radical (unpaired) electrons. The highest BCUT2D eigenvalue weighted by molar-refractivity contribution is 5.54. The standard InChI is InChI=1S/C15H23FN2O3/c1-19-13-8-11(9-14(20-2)15(13)21-3)12(10-16)18-6-4-17-5-7-18/h8-9,12,17H,4-7,10H2,1-3H3/t12-/m0/s1. The van der Waals surface area contributed by atoms with Gasteiger partial charge in [-0.05, 0) is 17.7 Å². The largest absolute Gasteiger partial charge is 0.493 e. The molecule has 0 aliphatic carbocycles. The number of benzene rings is 1. The maximum Gasteiger partial charge on any atom is 0.203 e. The second-order valence-electron chi connectivity index (χ2n) is 4.91. The zero-order valence-electron chi connectivity index (χ0n) is 12.8. The normalized spacial score (nSPS) is 17.3. The predicted octanol–water partition coefficient (Wildman–Crippen LogP) is 1.63. The second kappa shape index (κ2) is 7.47. The monoisotopic (exact) mass is 298 g/mol. The molecule has 0 aromatic heterocycles. The number of methoxy groups -OCH3 is 3. The Bertz CT molecular complexity index is 439. The summed E-state index contributed by atoms with van der Waals surface area (Å²) in [5.41, 5.74) is 0.842. The fraction of sp³-hybridized carbons (Fsp3) is 0.600.